The molecule has 0 heterocycles. The molecule has 0 bridgehead atoms. The lowest BCUT2D eigenvalue weighted by atomic mass is 10.1. The van der Waals surface area contributed by atoms with E-state index in [0.717, 1.165) is 18.3 Å². The summed E-state index contributed by atoms with van der Waals surface area (Å²) in [5.41, 5.74) is 0.701. The predicted octanol–water partition coefficient (Wildman–Crippen LogP) is 4.75. The molecule has 0 aliphatic rings. The number of ether oxygens (including phenoxy) is 1. The van der Waals surface area contributed by atoms with Gasteiger partial charge in [-0.25, -0.2) is 17.2 Å². The second kappa shape index (κ2) is 8.01. The summed E-state index contributed by atoms with van der Waals surface area (Å²) in [6.07, 6.45) is 1.00. The standard InChI is InChI=1S/C17H17ClF2N2O3S/c1-10(2)9-22-14-7-17(26(18,23)24)16(5-11(14)8-21)25-15-4-3-12(19)6-13(15)20/h3-8,10,21-22H,9H2,1-2H3. The van der Waals surface area contributed by atoms with E-state index in [0.29, 0.717) is 23.9 Å². The molecule has 0 saturated heterocycles. The zero-order valence-electron chi connectivity index (χ0n) is 14.0. The Morgan fingerprint density at radius 3 is 2.46 bits per heavy atom. The van der Waals surface area contributed by atoms with Gasteiger partial charge in [0.1, 0.15) is 16.5 Å². The van der Waals surface area contributed by atoms with Gasteiger partial charge in [-0.3, -0.25) is 0 Å². The van der Waals surface area contributed by atoms with Gasteiger partial charge >= 0.3 is 0 Å². The van der Waals surface area contributed by atoms with Gasteiger partial charge in [0.15, 0.2) is 11.6 Å². The summed E-state index contributed by atoms with van der Waals surface area (Å²) in [5.74, 6) is -2.16. The topological polar surface area (TPSA) is 79.2 Å². The number of rotatable bonds is 7. The summed E-state index contributed by atoms with van der Waals surface area (Å²) in [5, 5.41) is 10.5. The molecule has 140 valence electrons. The Labute approximate surface area is 154 Å². The zero-order valence-corrected chi connectivity index (χ0v) is 15.6. The van der Waals surface area contributed by atoms with Crippen LogP contribution in [0, 0.1) is 23.0 Å². The van der Waals surface area contributed by atoms with Crippen LogP contribution >= 0.6 is 10.7 Å². The zero-order chi connectivity index (χ0) is 19.5. The maximum Gasteiger partial charge on any atom is 0.265 e. The maximum atomic E-state index is 13.8. The molecule has 0 unspecified atom stereocenters. The molecule has 2 aromatic rings. The first-order valence-corrected chi connectivity index (χ1v) is 9.92. The van der Waals surface area contributed by atoms with Crippen molar-refractivity contribution in [3.05, 3.63) is 47.5 Å². The van der Waals surface area contributed by atoms with Crippen LogP contribution in [0.1, 0.15) is 19.4 Å². The van der Waals surface area contributed by atoms with E-state index in [1.54, 1.807) is 0 Å². The van der Waals surface area contributed by atoms with E-state index in [1.807, 2.05) is 13.8 Å². The smallest absolute Gasteiger partial charge is 0.265 e. The second-order valence-corrected chi connectivity index (χ2v) is 8.45. The molecular weight excluding hydrogens is 386 g/mol. The van der Waals surface area contributed by atoms with Crippen LogP contribution in [0.5, 0.6) is 11.5 Å². The van der Waals surface area contributed by atoms with Crippen molar-refractivity contribution < 1.29 is 21.9 Å². The largest absolute Gasteiger partial charge is 0.453 e. The van der Waals surface area contributed by atoms with Crippen molar-refractivity contribution in [1.29, 1.82) is 5.41 Å². The molecule has 0 atom stereocenters. The fourth-order valence-electron chi connectivity index (χ4n) is 2.11. The Hall–Kier alpha value is -2.19. The SMILES string of the molecule is CC(C)CNc1cc(S(=O)(=O)Cl)c(Oc2ccc(F)cc2F)cc1C=N. The van der Waals surface area contributed by atoms with Crippen molar-refractivity contribution in [2.24, 2.45) is 5.92 Å². The van der Waals surface area contributed by atoms with Gasteiger partial charge in [-0.05, 0) is 30.2 Å². The molecule has 9 heteroatoms. The molecule has 0 radical (unpaired) electrons. The molecule has 5 nitrogen and oxygen atoms in total. The summed E-state index contributed by atoms with van der Waals surface area (Å²) < 4.78 is 56.0. The average Bonchev–Trinajstić information content (AvgIpc) is 2.54. The molecule has 26 heavy (non-hydrogen) atoms. The van der Waals surface area contributed by atoms with E-state index in [1.165, 1.54) is 12.1 Å². The van der Waals surface area contributed by atoms with Crippen molar-refractivity contribution in [3.63, 3.8) is 0 Å². The minimum Gasteiger partial charge on any atom is -0.453 e. The van der Waals surface area contributed by atoms with E-state index in [4.69, 9.17) is 20.8 Å². The Morgan fingerprint density at radius 2 is 1.92 bits per heavy atom. The summed E-state index contributed by atoms with van der Waals surface area (Å²) in [6.45, 7) is 4.46. The van der Waals surface area contributed by atoms with Gasteiger partial charge in [0.25, 0.3) is 9.05 Å². The third-order valence-corrected chi connectivity index (χ3v) is 4.69. The van der Waals surface area contributed by atoms with Crippen molar-refractivity contribution >= 4 is 31.6 Å². The molecule has 0 amide bonds. The predicted molar refractivity (Wildman–Crippen MR) is 97.1 cm³/mol. The normalized spacial score (nSPS) is 11.5. The molecular formula is C17H17ClF2N2O3S. The minimum absolute atomic E-state index is 0.265. The van der Waals surface area contributed by atoms with Gasteiger partial charge < -0.3 is 15.5 Å². The van der Waals surface area contributed by atoms with E-state index in [-0.39, 0.29) is 22.3 Å². The number of anilines is 1. The Morgan fingerprint density at radius 1 is 1.23 bits per heavy atom. The Kier molecular flexibility index (Phi) is 6.20. The molecule has 2 N–H and O–H groups in total. The first-order chi connectivity index (χ1) is 12.1. The fourth-order valence-corrected chi connectivity index (χ4v) is 3.07. The first kappa shape index (κ1) is 20.1. The lowest BCUT2D eigenvalue weighted by Crippen LogP contribution is -2.11. The molecule has 0 aliphatic heterocycles. The number of benzene rings is 2. The van der Waals surface area contributed by atoms with Gasteiger partial charge in [0, 0.05) is 40.8 Å². The first-order valence-electron chi connectivity index (χ1n) is 7.61. The summed E-state index contributed by atoms with van der Waals surface area (Å²) >= 11 is 0. The van der Waals surface area contributed by atoms with Crippen LogP contribution in [0.15, 0.2) is 35.2 Å². The van der Waals surface area contributed by atoms with Gasteiger partial charge in [-0.1, -0.05) is 13.8 Å². The third kappa shape index (κ3) is 4.92. The van der Waals surface area contributed by atoms with Crippen LogP contribution < -0.4 is 10.1 Å². The van der Waals surface area contributed by atoms with Crippen molar-refractivity contribution in [2.75, 3.05) is 11.9 Å². The number of halogens is 3. The van der Waals surface area contributed by atoms with E-state index < -0.39 is 20.7 Å². The van der Waals surface area contributed by atoms with Crippen LogP contribution in [0.4, 0.5) is 14.5 Å². The molecule has 0 fully saturated rings. The third-order valence-electron chi connectivity index (χ3n) is 3.35. The summed E-state index contributed by atoms with van der Waals surface area (Å²) in [6, 6.07) is 5.10. The van der Waals surface area contributed by atoms with Gasteiger partial charge in [-0.15, -0.1) is 0 Å². The minimum atomic E-state index is -4.23. The second-order valence-electron chi connectivity index (χ2n) is 5.92. The van der Waals surface area contributed by atoms with E-state index in [2.05, 4.69) is 5.32 Å². The molecule has 0 saturated carbocycles. The highest BCUT2D eigenvalue weighted by Crippen LogP contribution is 2.36. The Bertz CT molecular complexity index is 934. The van der Waals surface area contributed by atoms with E-state index in [9.17, 15) is 17.2 Å². The molecule has 0 spiro atoms. The number of hydrogen-bond donors (Lipinski definition) is 2. The summed E-state index contributed by atoms with van der Waals surface area (Å²) in [7, 11) is 1.25. The van der Waals surface area contributed by atoms with Crippen molar-refractivity contribution in [3.8, 4) is 11.5 Å². The van der Waals surface area contributed by atoms with Crippen LogP contribution in [0.2, 0.25) is 0 Å². The lowest BCUT2D eigenvalue weighted by Gasteiger charge is -2.16. The van der Waals surface area contributed by atoms with Gasteiger partial charge in [0.2, 0.25) is 0 Å². The molecule has 2 aromatic carbocycles. The van der Waals surface area contributed by atoms with Crippen molar-refractivity contribution in [1.82, 2.24) is 0 Å². The highest BCUT2D eigenvalue weighted by Gasteiger charge is 2.22. The highest BCUT2D eigenvalue weighted by atomic mass is 35.7. The van der Waals surface area contributed by atoms with Crippen LogP contribution in [-0.4, -0.2) is 21.2 Å². The average molecular weight is 403 g/mol. The van der Waals surface area contributed by atoms with Gasteiger partial charge in [-0.2, -0.15) is 0 Å². The Balaban J connectivity index is 2.55. The van der Waals surface area contributed by atoms with Crippen LogP contribution in [0.3, 0.4) is 0 Å². The quantitative estimate of drug-likeness (QED) is 0.517. The number of nitrogens with one attached hydrogen (secondary N) is 2. The fraction of sp³-hybridized carbons (Fsp3) is 0.235. The summed E-state index contributed by atoms with van der Waals surface area (Å²) in [4.78, 5) is -0.389. The van der Waals surface area contributed by atoms with Crippen LogP contribution in [0.25, 0.3) is 0 Å². The highest BCUT2D eigenvalue weighted by molar-refractivity contribution is 8.13. The van der Waals surface area contributed by atoms with Crippen molar-refractivity contribution in [2.45, 2.75) is 18.7 Å². The van der Waals surface area contributed by atoms with E-state index >= 15 is 0 Å². The monoisotopic (exact) mass is 402 g/mol. The maximum absolute atomic E-state index is 13.8. The molecule has 0 aliphatic carbocycles. The van der Waals surface area contributed by atoms with Crippen LogP contribution in [-0.2, 0) is 9.05 Å². The lowest BCUT2D eigenvalue weighted by molar-refractivity contribution is 0.428. The molecule has 2 rings (SSSR count). The van der Waals surface area contributed by atoms with Gasteiger partial charge in [0.05, 0.1) is 0 Å². The number of hydrogen-bond acceptors (Lipinski definition) is 5. The molecule has 0 aromatic heterocycles.